The van der Waals surface area contributed by atoms with Gasteiger partial charge >= 0.3 is 5.97 Å². The van der Waals surface area contributed by atoms with Gasteiger partial charge in [0.25, 0.3) is 15.9 Å². The molecule has 0 saturated carbocycles. The second kappa shape index (κ2) is 6.73. The number of carbonyl (C=O) groups is 2. The summed E-state index contributed by atoms with van der Waals surface area (Å²) in [6.45, 7) is 3.01. The Hall–Kier alpha value is -2.81. The van der Waals surface area contributed by atoms with E-state index in [1.807, 2.05) is 13.8 Å². The van der Waals surface area contributed by atoms with E-state index in [1.54, 1.807) is 36.0 Å². The van der Waals surface area contributed by atoms with Gasteiger partial charge in [-0.15, -0.1) is 0 Å². The maximum absolute atomic E-state index is 12.9. The molecular weight excluding hydrogens is 372 g/mol. The Morgan fingerprint density at radius 1 is 1.26 bits per heavy atom. The van der Waals surface area contributed by atoms with Crippen LogP contribution in [0.25, 0.3) is 0 Å². The van der Waals surface area contributed by atoms with Crippen molar-refractivity contribution in [1.29, 1.82) is 0 Å². The summed E-state index contributed by atoms with van der Waals surface area (Å²) in [6, 6.07) is 6.16. The van der Waals surface area contributed by atoms with E-state index in [-0.39, 0.29) is 22.1 Å². The largest absolute Gasteiger partial charge is 0.497 e. The SMILES string of the molecule is COc1cc(C(C)C)c2c(c1)S(=O)(=O)N(COC(=O)c1cccn1C)C2=O. The Kier molecular flexibility index (Phi) is 4.73. The number of ether oxygens (including phenoxy) is 2. The third kappa shape index (κ3) is 3.08. The molecule has 1 amide bonds. The molecular formula is C18H20N2O6S. The highest BCUT2D eigenvalue weighted by molar-refractivity contribution is 7.90. The molecule has 9 heteroatoms. The molecule has 0 radical (unpaired) electrons. The maximum atomic E-state index is 12.9. The Morgan fingerprint density at radius 2 is 1.96 bits per heavy atom. The fourth-order valence-electron chi connectivity index (χ4n) is 2.96. The van der Waals surface area contributed by atoms with Gasteiger partial charge in [0.2, 0.25) is 0 Å². The maximum Gasteiger partial charge on any atom is 0.356 e. The van der Waals surface area contributed by atoms with Gasteiger partial charge in [0.1, 0.15) is 16.3 Å². The van der Waals surface area contributed by atoms with Crippen molar-refractivity contribution in [2.24, 2.45) is 7.05 Å². The van der Waals surface area contributed by atoms with Crippen LogP contribution in [-0.4, -0.2) is 43.0 Å². The Bertz CT molecular complexity index is 1020. The topological polar surface area (TPSA) is 94.9 Å². The lowest BCUT2D eigenvalue weighted by Crippen LogP contribution is -2.33. The minimum Gasteiger partial charge on any atom is -0.497 e. The standard InChI is InChI=1S/C18H20N2O6S/c1-11(2)13-8-12(25-4)9-15-16(13)17(21)20(27(15,23)24)10-26-18(22)14-6-5-7-19(14)3/h5-9,11H,10H2,1-4H3. The molecule has 0 aliphatic carbocycles. The van der Waals surface area contributed by atoms with Crippen molar-refractivity contribution >= 4 is 21.9 Å². The van der Waals surface area contributed by atoms with Gasteiger partial charge in [-0.3, -0.25) is 4.79 Å². The number of aryl methyl sites for hydroxylation is 1. The molecule has 1 aromatic heterocycles. The van der Waals surface area contributed by atoms with Crippen molar-refractivity contribution in [3.05, 3.63) is 47.3 Å². The molecule has 2 aromatic rings. The van der Waals surface area contributed by atoms with Crippen molar-refractivity contribution in [2.75, 3.05) is 13.8 Å². The molecule has 8 nitrogen and oxygen atoms in total. The third-order valence-electron chi connectivity index (χ3n) is 4.44. The molecule has 0 atom stereocenters. The average Bonchev–Trinajstić information content (AvgIpc) is 3.12. The number of sulfonamides is 1. The molecule has 0 saturated heterocycles. The first kappa shape index (κ1) is 19.0. The Balaban J connectivity index is 1.95. The number of hydrogen-bond acceptors (Lipinski definition) is 6. The summed E-state index contributed by atoms with van der Waals surface area (Å²) in [6.07, 6.45) is 1.66. The van der Waals surface area contributed by atoms with Crippen LogP contribution in [0.5, 0.6) is 5.75 Å². The highest BCUT2D eigenvalue weighted by Gasteiger charge is 2.44. The molecule has 0 spiro atoms. The van der Waals surface area contributed by atoms with Crippen molar-refractivity contribution < 1.29 is 27.5 Å². The summed E-state index contributed by atoms with van der Waals surface area (Å²) in [7, 11) is -1.06. The van der Waals surface area contributed by atoms with Crippen LogP contribution in [0.15, 0.2) is 35.4 Å². The second-order valence-electron chi connectivity index (χ2n) is 6.47. The molecule has 144 valence electrons. The predicted molar refractivity (Wildman–Crippen MR) is 96.1 cm³/mol. The summed E-state index contributed by atoms with van der Waals surface area (Å²) in [4.78, 5) is 24.8. The first-order valence-corrected chi connectivity index (χ1v) is 9.70. The van der Waals surface area contributed by atoms with Crippen LogP contribution < -0.4 is 4.74 Å². The highest BCUT2D eigenvalue weighted by atomic mass is 32.2. The summed E-state index contributed by atoms with van der Waals surface area (Å²) >= 11 is 0. The Labute approximate surface area is 157 Å². The van der Waals surface area contributed by atoms with Gasteiger partial charge in [0, 0.05) is 19.3 Å². The zero-order valence-electron chi connectivity index (χ0n) is 15.4. The number of nitrogens with zero attached hydrogens (tertiary/aromatic N) is 2. The first-order chi connectivity index (χ1) is 12.7. The van der Waals surface area contributed by atoms with E-state index >= 15 is 0 Å². The first-order valence-electron chi connectivity index (χ1n) is 8.26. The molecule has 1 aliphatic heterocycles. The smallest absolute Gasteiger partial charge is 0.356 e. The van der Waals surface area contributed by atoms with Crippen LogP contribution in [0, 0.1) is 0 Å². The molecule has 0 N–H and O–H groups in total. The van der Waals surface area contributed by atoms with Crippen molar-refractivity contribution in [2.45, 2.75) is 24.7 Å². The lowest BCUT2D eigenvalue weighted by atomic mass is 9.96. The fourth-order valence-corrected chi connectivity index (χ4v) is 4.43. The van der Waals surface area contributed by atoms with Gasteiger partial charge in [0.05, 0.1) is 12.7 Å². The summed E-state index contributed by atoms with van der Waals surface area (Å²) in [5.74, 6) is -1.19. The van der Waals surface area contributed by atoms with Crippen molar-refractivity contribution in [3.63, 3.8) is 0 Å². The lowest BCUT2D eigenvalue weighted by Gasteiger charge is -2.15. The van der Waals surface area contributed by atoms with E-state index < -0.39 is 28.6 Å². The third-order valence-corrected chi connectivity index (χ3v) is 6.17. The minimum absolute atomic E-state index is 0.0979. The van der Waals surface area contributed by atoms with Gasteiger partial charge in [-0.25, -0.2) is 13.2 Å². The van der Waals surface area contributed by atoms with Crippen LogP contribution in [0.2, 0.25) is 0 Å². The van der Waals surface area contributed by atoms with Gasteiger partial charge in [-0.1, -0.05) is 13.8 Å². The van der Waals surface area contributed by atoms with Gasteiger partial charge in [-0.05, 0) is 29.7 Å². The number of esters is 1. The number of amides is 1. The van der Waals surface area contributed by atoms with E-state index in [0.29, 0.717) is 15.6 Å². The van der Waals surface area contributed by atoms with E-state index in [2.05, 4.69) is 0 Å². The number of hydrogen-bond donors (Lipinski definition) is 0. The predicted octanol–water partition coefficient (Wildman–Crippen LogP) is 2.12. The van der Waals surface area contributed by atoms with E-state index in [1.165, 1.54) is 13.2 Å². The number of benzene rings is 1. The van der Waals surface area contributed by atoms with E-state index in [4.69, 9.17) is 9.47 Å². The highest BCUT2D eigenvalue weighted by Crippen LogP contribution is 2.38. The molecule has 0 fully saturated rings. The number of fused-ring (bicyclic) bond motifs is 1. The zero-order chi connectivity index (χ0) is 19.9. The van der Waals surface area contributed by atoms with Gasteiger partial charge in [0.15, 0.2) is 6.73 Å². The van der Waals surface area contributed by atoms with Crippen LogP contribution in [0.4, 0.5) is 0 Å². The van der Waals surface area contributed by atoms with Crippen molar-refractivity contribution in [3.8, 4) is 5.75 Å². The van der Waals surface area contributed by atoms with E-state index in [9.17, 15) is 18.0 Å². The minimum atomic E-state index is -4.14. The zero-order valence-corrected chi connectivity index (χ0v) is 16.2. The molecule has 27 heavy (non-hydrogen) atoms. The number of rotatable bonds is 5. The monoisotopic (exact) mass is 392 g/mol. The van der Waals surface area contributed by atoms with Crippen LogP contribution in [0.3, 0.4) is 0 Å². The fraction of sp³-hybridized carbons (Fsp3) is 0.333. The normalized spacial score (nSPS) is 15.1. The van der Waals surface area contributed by atoms with Crippen LogP contribution in [0.1, 0.15) is 46.2 Å². The molecule has 3 rings (SSSR count). The number of methoxy groups -OCH3 is 1. The second-order valence-corrected chi connectivity index (χ2v) is 8.30. The summed E-state index contributed by atoms with van der Waals surface area (Å²) in [5.41, 5.74) is 0.913. The quantitative estimate of drug-likeness (QED) is 0.724. The summed E-state index contributed by atoms with van der Waals surface area (Å²) in [5, 5.41) is 0. The van der Waals surface area contributed by atoms with Gasteiger partial charge in [-0.2, -0.15) is 4.31 Å². The van der Waals surface area contributed by atoms with Crippen molar-refractivity contribution in [1.82, 2.24) is 8.87 Å². The number of aromatic nitrogens is 1. The number of carbonyl (C=O) groups excluding carboxylic acids is 2. The summed E-state index contributed by atoms with van der Waals surface area (Å²) < 4.78 is 38.1. The molecule has 0 unspecified atom stereocenters. The molecule has 1 aliphatic rings. The van der Waals surface area contributed by atoms with E-state index in [0.717, 1.165) is 0 Å². The van der Waals surface area contributed by atoms with Crippen LogP contribution >= 0.6 is 0 Å². The molecule has 1 aromatic carbocycles. The van der Waals surface area contributed by atoms with Crippen LogP contribution in [-0.2, 0) is 21.8 Å². The van der Waals surface area contributed by atoms with Gasteiger partial charge < -0.3 is 14.0 Å². The molecule has 0 bridgehead atoms. The average molecular weight is 392 g/mol. The molecule has 2 heterocycles. The Morgan fingerprint density at radius 3 is 2.52 bits per heavy atom. The lowest BCUT2D eigenvalue weighted by molar-refractivity contribution is 0.0348.